The molecule has 20 heavy (non-hydrogen) atoms. The zero-order valence-electron chi connectivity index (χ0n) is 12.9. The molecule has 1 unspecified atom stereocenters. The molecule has 0 amide bonds. The molecule has 0 aromatic heterocycles. The highest BCUT2D eigenvalue weighted by Crippen LogP contribution is 2.41. The van der Waals surface area contributed by atoms with E-state index < -0.39 is 0 Å². The van der Waals surface area contributed by atoms with Gasteiger partial charge < -0.3 is 9.47 Å². The number of ether oxygens (including phenoxy) is 2. The van der Waals surface area contributed by atoms with Gasteiger partial charge in [0.2, 0.25) is 0 Å². The maximum absolute atomic E-state index is 5.48. The zero-order valence-corrected chi connectivity index (χ0v) is 12.9. The van der Waals surface area contributed by atoms with Crippen LogP contribution in [0.4, 0.5) is 0 Å². The highest BCUT2D eigenvalue weighted by molar-refractivity contribution is 5.67. The molecule has 0 aliphatic heterocycles. The molecule has 2 heteroatoms. The third-order valence-corrected chi connectivity index (χ3v) is 4.14. The fourth-order valence-electron chi connectivity index (χ4n) is 3.12. The van der Waals surface area contributed by atoms with E-state index in [9.17, 15) is 0 Å². The first-order chi connectivity index (χ1) is 9.81. The molecule has 1 aliphatic rings. The Morgan fingerprint density at radius 2 is 1.80 bits per heavy atom. The van der Waals surface area contributed by atoms with Crippen molar-refractivity contribution in [2.24, 2.45) is 0 Å². The summed E-state index contributed by atoms with van der Waals surface area (Å²) in [6, 6.07) is 8.65. The Morgan fingerprint density at radius 3 is 2.50 bits per heavy atom. The second kappa shape index (κ2) is 7.61. The minimum Gasteiger partial charge on any atom is -0.352 e. The molecule has 1 aromatic carbocycles. The van der Waals surface area contributed by atoms with E-state index in [1.807, 2.05) is 0 Å². The van der Waals surface area contributed by atoms with Crippen molar-refractivity contribution in [2.45, 2.75) is 51.2 Å². The normalized spacial score (nSPS) is 17.4. The molecule has 0 N–H and O–H groups in total. The average Bonchev–Trinajstić information content (AvgIpc) is 2.84. The van der Waals surface area contributed by atoms with E-state index in [0.717, 1.165) is 0 Å². The van der Waals surface area contributed by atoms with Crippen LogP contribution in [-0.4, -0.2) is 20.5 Å². The number of hydrogen-bond donors (Lipinski definition) is 0. The lowest BCUT2D eigenvalue weighted by atomic mass is 9.90. The van der Waals surface area contributed by atoms with Gasteiger partial charge in [0.05, 0.1) is 0 Å². The number of fused-ring (bicyclic) bond motifs is 1. The van der Waals surface area contributed by atoms with Crippen LogP contribution in [0.3, 0.4) is 0 Å². The molecule has 2 nitrogen and oxygen atoms in total. The predicted octanol–water partition coefficient (Wildman–Crippen LogP) is 4.76. The lowest BCUT2D eigenvalue weighted by molar-refractivity contribution is -0.0772. The minimum absolute atomic E-state index is 0.224. The van der Waals surface area contributed by atoms with Gasteiger partial charge in [-0.1, -0.05) is 56.9 Å². The molecule has 110 valence electrons. The van der Waals surface area contributed by atoms with Crippen LogP contribution in [0.25, 0.3) is 6.08 Å². The number of methoxy groups -OCH3 is 2. The summed E-state index contributed by atoms with van der Waals surface area (Å²) in [5, 5.41) is 0. The third kappa shape index (κ3) is 3.31. The molecule has 1 atom stereocenters. The molecule has 0 heterocycles. The third-order valence-electron chi connectivity index (χ3n) is 4.14. The van der Waals surface area contributed by atoms with Gasteiger partial charge in [-0.3, -0.25) is 0 Å². The summed E-state index contributed by atoms with van der Waals surface area (Å²) in [5.41, 5.74) is 4.02. The summed E-state index contributed by atoms with van der Waals surface area (Å²) in [7, 11) is 3.43. The van der Waals surface area contributed by atoms with E-state index in [0.29, 0.717) is 5.92 Å². The van der Waals surface area contributed by atoms with Gasteiger partial charge in [0, 0.05) is 20.1 Å². The lowest BCUT2D eigenvalue weighted by Crippen LogP contribution is -2.19. The van der Waals surface area contributed by atoms with Gasteiger partial charge in [-0.15, -0.1) is 0 Å². The molecule has 0 saturated heterocycles. The topological polar surface area (TPSA) is 18.5 Å². The van der Waals surface area contributed by atoms with Crippen molar-refractivity contribution in [1.29, 1.82) is 0 Å². The minimum atomic E-state index is -0.224. The van der Waals surface area contributed by atoms with Crippen molar-refractivity contribution < 1.29 is 9.47 Å². The van der Waals surface area contributed by atoms with Crippen LogP contribution < -0.4 is 0 Å². The van der Waals surface area contributed by atoms with Crippen LogP contribution >= 0.6 is 0 Å². The van der Waals surface area contributed by atoms with Crippen LogP contribution in [0.1, 0.15) is 56.1 Å². The Hall–Kier alpha value is -1.12. The SMILES string of the molecule is CCCCCCC1C(C(OC)OC)=Cc2ccccc21. The molecule has 0 bridgehead atoms. The Balaban J connectivity index is 2.13. The second-order valence-corrected chi connectivity index (χ2v) is 5.48. The van der Waals surface area contributed by atoms with Crippen molar-refractivity contribution in [3.05, 3.63) is 41.0 Å². The van der Waals surface area contributed by atoms with Crippen LogP contribution in [0.15, 0.2) is 29.8 Å². The summed E-state index contributed by atoms with van der Waals surface area (Å²) < 4.78 is 11.0. The van der Waals surface area contributed by atoms with E-state index in [-0.39, 0.29) is 6.29 Å². The summed E-state index contributed by atoms with van der Waals surface area (Å²) in [6.07, 6.45) is 8.40. The molecule has 1 aliphatic carbocycles. The van der Waals surface area contributed by atoms with Crippen molar-refractivity contribution in [1.82, 2.24) is 0 Å². The summed E-state index contributed by atoms with van der Waals surface area (Å²) in [4.78, 5) is 0. The van der Waals surface area contributed by atoms with E-state index in [1.54, 1.807) is 14.2 Å². The second-order valence-electron chi connectivity index (χ2n) is 5.48. The average molecular weight is 274 g/mol. The van der Waals surface area contributed by atoms with Crippen molar-refractivity contribution in [3.8, 4) is 0 Å². The van der Waals surface area contributed by atoms with Gasteiger partial charge in [0.1, 0.15) is 0 Å². The van der Waals surface area contributed by atoms with Gasteiger partial charge in [0.25, 0.3) is 0 Å². The van der Waals surface area contributed by atoms with E-state index >= 15 is 0 Å². The largest absolute Gasteiger partial charge is 0.352 e. The lowest BCUT2D eigenvalue weighted by Gasteiger charge is -2.22. The van der Waals surface area contributed by atoms with Crippen molar-refractivity contribution in [3.63, 3.8) is 0 Å². The van der Waals surface area contributed by atoms with E-state index in [2.05, 4.69) is 37.3 Å². The highest BCUT2D eigenvalue weighted by Gasteiger charge is 2.29. The smallest absolute Gasteiger partial charge is 0.180 e. The number of unbranched alkanes of at least 4 members (excludes halogenated alkanes) is 3. The predicted molar refractivity (Wildman–Crippen MR) is 83.7 cm³/mol. The number of rotatable bonds is 8. The Labute approximate surface area is 122 Å². The van der Waals surface area contributed by atoms with Gasteiger partial charge in [-0.25, -0.2) is 0 Å². The Morgan fingerprint density at radius 1 is 1.05 bits per heavy atom. The first kappa shape index (κ1) is 15.3. The molecule has 1 aromatic rings. The van der Waals surface area contributed by atoms with Crippen molar-refractivity contribution in [2.75, 3.05) is 14.2 Å². The molecule has 0 spiro atoms. The molecular formula is C18H26O2. The van der Waals surface area contributed by atoms with Gasteiger partial charge in [-0.05, 0) is 29.2 Å². The Bertz CT molecular complexity index is 446. The molecule has 0 saturated carbocycles. The van der Waals surface area contributed by atoms with Gasteiger partial charge in [-0.2, -0.15) is 0 Å². The fraction of sp³-hybridized carbons (Fsp3) is 0.556. The maximum Gasteiger partial charge on any atom is 0.180 e. The van der Waals surface area contributed by atoms with Crippen molar-refractivity contribution >= 4 is 6.08 Å². The number of hydrogen-bond acceptors (Lipinski definition) is 2. The molecule has 2 rings (SSSR count). The molecule has 0 radical (unpaired) electrons. The van der Waals surface area contributed by atoms with Crippen LogP contribution in [0.5, 0.6) is 0 Å². The summed E-state index contributed by atoms with van der Waals surface area (Å²) >= 11 is 0. The first-order valence-electron chi connectivity index (χ1n) is 7.67. The van der Waals surface area contributed by atoms with Crippen LogP contribution in [0, 0.1) is 0 Å². The molecule has 0 fully saturated rings. The zero-order chi connectivity index (χ0) is 14.4. The fourth-order valence-corrected chi connectivity index (χ4v) is 3.12. The summed E-state index contributed by atoms with van der Waals surface area (Å²) in [5.74, 6) is 0.452. The van der Waals surface area contributed by atoms with E-state index in [1.165, 1.54) is 48.8 Å². The van der Waals surface area contributed by atoms with Crippen LogP contribution in [0.2, 0.25) is 0 Å². The van der Waals surface area contributed by atoms with Gasteiger partial charge >= 0.3 is 0 Å². The van der Waals surface area contributed by atoms with Crippen LogP contribution in [-0.2, 0) is 9.47 Å². The standard InChI is InChI=1S/C18H26O2/c1-4-5-6-7-12-16-15-11-9-8-10-14(15)13-17(16)18(19-2)20-3/h8-11,13,16,18H,4-7,12H2,1-3H3. The quantitative estimate of drug-likeness (QED) is 0.503. The van der Waals surface area contributed by atoms with E-state index in [4.69, 9.17) is 9.47 Å². The highest BCUT2D eigenvalue weighted by atomic mass is 16.7. The monoisotopic (exact) mass is 274 g/mol. The maximum atomic E-state index is 5.48. The molecular weight excluding hydrogens is 248 g/mol. The Kier molecular flexibility index (Phi) is 5.81. The number of benzene rings is 1. The first-order valence-corrected chi connectivity index (χ1v) is 7.67. The van der Waals surface area contributed by atoms with Gasteiger partial charge in [0.15, 0.2) is 6.29 Å². The summed E-state index contributed by atoms with van der Waals surface area (Å²) in [6.45, 7) is 2.25.